The van der Waals surface area contributed by atoms with Crippen LogP contribution in [0.3, 0.4) is 0 Å². The summed E-state index contributed by atoms with van der Waals surface area (Å²) in [6.45, 7) is 0. The second-order valence-electron chi connectivity index (χ2n) is 8.72. The van der Waals surface area contributed by atoms with E-state index >= 15 is 0 Å². The van der Waals surface area contributed by atoms with Gasteiger partial charge in [-0.05, 0) is 62.9 Å². The molecular formula is C34H25N. The minimum absolute atomic E-state index is 1.07. The van der Waals surface area contributed by atoms with Crippen molar-refractivity contribution in [3.63, 3.8) is 0 Å². The third kappa shape index (κ3) is 4.32. The highest BCUT2D eigenvalue weighted by atomic mass is 14.9. The standard InChI is InChI=1S/C34H25N/c1-3-10-25(11-4-1)27-18-21-30(22-19-27)35-34-23-20-29(26-12-5-2-6-13-26)24-33(34)32-17-9-15-28-14-7-8-16-31(28)32/h1-24,35H. The summed E-state index contributed by atoms with van der Waals surface area (Å²) in [5, 5.41) is 6.19. The van der Waals surface area contributed by atoms with Gasteiger partial charge in [0.25, 0.3) is 0 Å². The van der Waals surface area contributed by atoms with Crippen LogP contribution < -0.4 is 5.32 Å². The highest BCUT2D eigenvalue weighted by Gasteiger charge is 2.11. The number of hydrogen-bond acceptors (Lipinski definition) is 1. The summed E-state index contributed by atoms with van der Waals surface area (Å²) in [5.74, 6) is 0. The van der Waals surface area contributed by atoms with Crippen LogP contribution in [0, 0.1) is 0 Å². The molecule has 0 radical (unpaired) electrons. The first-order valence-electron chi connectivity index (χ1n) is 12.0. The highest BCUT2D eigenvalue weighted by Crippen LogP contribution is 2.38. The lowest BCUT2D eigenvalue weighted by Crippen LogP contribution is -1.95. The lowest BCUT2D eigenvalue weighted by atomic mass is 9.93. The quantitative estimate of drug-likeness (QED) is 0.277. The molecular weight excluding hydrogens is 422 g/mol. The second-order valence-corrected chi connectivity index (χ2v) is 8.72. The van der Waals surface area contributed by atoms with Gasteiger partial charge in [-0.3, -0.25) is 0 Å². The van der Waals surface area contributed by atoms with Crippen molar-refractivity contribution >= 4 is 22.1 Å². The number of fused-ring (bicyclic) bond motifs is 1. The molecule has 0 aromatic heterocycles. The predicted molar refractivity (Wildman–Crippen MR) is 150 cm³/mol. The van der Waals surface area contributed by atoms with E-state index in [1.54, 1.807) is 0 Å². The van der Waals surface area contributed by atoms with Gasteiger partial charge in [0, 0.05) is 16.9 Å². The van der Waals surface area contributed by atoms with E-state index in [1.807, 2.05) is 6.07 Å². The molecule has 0 atom stereocenters. The topological polar surface area (TPSA) is 12.0 Å². The van der Waals surface area contributed by atoms with Crippen LogP contribution in [0.4, 0.5) is 11.4 Å². The van der Waals surface area contributed by atoms with Crippen LogP contribution >= 0.6 is 0 Å². The zero-order valence-electron chi connectivity index (χ0n) is 19.4. The molecule has 0 aliphatic rings. The molecule has 166 valence electrons. The Kier molecular flexibility index (Phi) is 5.58. The van der Waals surface area contributed by atoms with Crippen molar-refractivity contribution < 1.29 is 0 Å². The van der Waals surface area contributed by atoms with Gasteiger partial charge in [-0.1, -0.05) is 121 Å². The summed E-state index contributed by atoms with van der Waals surface area (Å²) in [6.07, 6.45) is 0. The average molecular weight is 448 g/mol. The summed E-state index contributed by atoms with van der Waals surface area (Å²) in [6, 6.07) is 51.5. The van der Waals surface area contributed by atoms with Gasteiger partial charge < -0.3 is 5.32 Å². The van der Waals surface area contributed by atoms with Crippen LogP contribution in [0.25, 0.3) is 44.2 Å². The lowest BCUT2D eigenvalue weighted by molar-refractivity contribution is 1.53. The first-order valence-corrected chi connectivity index (χ1v) is 12.0. The Labute approximate surface area is 206 Å². The molecule has 0 fully saturated rings. The molecule has 0 saturated heterocycles. The second kappa shape index (κ2) is 9.32. The molecule has 6 rings (SSSR count). The maximum absolute atomic E-state index is 3.69. The molecule has 0 spiro atoms. The number of hydrogen-bond donors (Lipinski definition) is 1. The molecule has 35 heavy (non-hydrogen) atoms. The van der Waals surface area contributed by atoms with Gasteiger partial charge in [0.15, 0.2) is 0 Å². The average Bonchev–Trinajstić information content (AvgIpc) is 2.94. The van der Waals surface area contributed by atoms with Crippen LogP contribution in [-0.2, 0) is 0 Å². The fraction of sp³-hybridized carbons (Fsp3) is 0. The fourth-order valence-corrected chi connectivity index (χ4v) is 4.68. The SMILES string of the molecule is c1ccc(-c2ccc(Nc3ccc(-c4ccccc4)cc3-c3cccc4ccccc34)cc2)cc1. The lowest BCUT2D eigenvalue weighted by Gasteiger charge is -2.16. The van der Waals surface area contributed by atoms with Gasteiger partial charge in [0.1, 0.15) is 0 Å². The molecule has 1 nitrogen and oxygen atoms in total. The van der Waals surface area contributed by atoms with Crippen LogP contribution in [-0.4, -0.2) is 0 Å². The van der Waals surface area contributed by atoms with E-state index in [1.165, 1.54) is 44.2 Å². The normalized spacial score (nSPS) is 10.9. The van der Waals surface area contributed by atoms with E-state index in [0.717, 1.165) is 11.4 Å². The fourth-order valence-electron chi connectivity index (χ4n) is 4.68. The number of rotatable bonds is 5. The smallest absolute Gasteiger partial charge is 0.0464 e. The third-order valence-corrected chi connectivity index (χ3v) is 6.48. The molecule has 0 heterocycles. The maximum atomic E-state index is 3.69. The zero-order valence-corrected chi connectivity index (χ0v) is 19.4. The summed E-state index contributed by atoms with van der Waals surface area (Å²) in [4.78, 5) is 0. The first kappa shape index (κ1) is 20.9. The Morgan fingerprint density at radius 1 is 0.371 bits per heavy atom. The number of nitrogens with one attached hydrogen (secondary N) is 1. The van der Waals surface area contributed by atoms with E-state index in [2.05, 4.69) is 145 Å². The minimum Gasteiger partial charge on any atom is -0.355 e. The van der Waals surface area contributed by atoms with Crippen molar-refractivity contribution in [3.8, 4) is 33.4 Å². The molecule has 0 unspecified atom stereocenters. The first-order chi connectivity index (χ1) is 17.3. The Morgan fingerprint density at radius 2 is 0.943 bits per heavy atom. The molecule has 1 heteroatoms. The molecule has 0 aliphatic carbocycles. The van der Waals surface area contributed by atoms with Crippen molar-refractivity contribution in [2.24, 2.45) is 0 Å². The van der Waals surface area contributed by atoms with Crippen LogP contribution in [0.15, 0.2) is 146 Å². The molecule has 6 aromatic carbocycles. The van der Waals surface area contributed by atoms with E-state index in [4.69, 9.17) is 0 Å². The summed E-state index contributed by atoms with van der Waals surface area (Å²) in [5.41, 5.74) is 9.44. The Morgan fingerprint density at radius 3 is 1.69 bits per heavy atom. The predicted octanol–water partition coefficient (Wildman–Crippen LogP) is 9.58. The third-order valence-electron chi connectivity index (χ3n) is 6.48. The van der Waals surface area contributed by atoms with Crippen molar-refractivity contribution in [3.05, 3.63) is 146 Å². The summed E-state index contributed by atoms with van der Waals surface area (Å²) >= 11 is 0. The molecule has 0 saturated carbocycles. The summed E-state index contributed by atoms with van der Waals surface area (Å²) in [7, 11) is 0. The Hall–Kier alpha value is -4.62. The van der Waals surface area contributed by atoms with Gasteiger partial charge in [-0.2, -0.15) is 0 Å². The molecule has 0 aliphatic heterocycles. The van der Waals surface area contributed by atoms with Crippen molar-refractivity contribution in [2.75, 3.05) is 5.32 Å². The van der Waals surface area contributed by atoms with Gasteiger partial charge >= 0.3 is 0 Å². The van der Waals surface area contributed by atoms with E-state index in [-0.39, 0.29) is 0 Å². The van der Waals surface area contributed by atoms with E-state index in [0.29, 0.717) is 0 Å². The molecule has 1 N–H and O–H groups in total. The van der Waals surface area contributed by atoms with E-state index < -0.39 is 0 Å². The Bertz CT molecular complexity index is 1580. The maximum Gasteiger partial charge on any atom is 0.0464 e. The van der Waals surface area contributed by atoms with Gasteiger partial charge in [-0.15, -0.1) is 0 Å². The van der Waals surface area contributed by atoms with Gasteiger partial charge in [0.05, 0.1) is 0 Å². The van der Waals surface area contributed by atoms with Crippen LogP contribution in [0.1, 0.15) is 0 Å². The van der Waals surface area contributed by atoms with Gasteiger partial charge in [0.2, 0.25) is 0 Å². The Balaban J connectivity index is 1.44. The largest absolute Gasteiger partial charge is 0.355 e. The molecule has 6 aromatic rings. The minimum atomic E-state index is 1.07. The van der Waals surface area contributed by atoms with Crippen LogP contribution in [0.5, 0.6) is 0 Å². The highest BCUT2D eigenvalue weighted by molar-refractivity contribution is 6.01. The number of benzene rings is 6. The molecule has 0 bridgehead atoms. The van der Waals surface area contributed by atoms with Crippen molar-refractivity contribution in [2.45, 2.75) is 0 Å². The van der Waals surface area contributed by atoms with Crippen molar-refractivity contribution in [1.29, 1.82) is 0 Å². The van der Waals surface area contributed by atoms with Crippen molar-refractivity contribution in [1.82, 2.24) is 0 Å². The van der Waals surface area contributed by atoms with E-state index in [9.17, 15) is 0 Å². The summed E-state index contributed by atoms with van der Waals surface area (Å²) < 4.78 is 0. The monoisotopic (exact) mass is 447 g/mol. The number of anilines is 2. The van der Waals surface area contributed by atoms with Gasteiger partial charge in [-0.25, -0.2) is 0 Å². The zero-order chi connectivity index (χ0) is 23.5. The van der Waals surface area contributed by atoms with Crippen LogP contribution in [0.2, 0.25) is 0 Å². The molecule has 0 amide bonds.